The summed E-state index contributed by atoms with van der Waals surface area (Å²) < 4.78 is 15.6. The lowest BCUT2D eigenvalue weighted by Crippen LogP contribution is -2.35. The Bertz CT molecular complexity index is 923. The molecule has 0 aliphatic carbocycles. The molecule has 0 bridgehead atoms. The van der Waals surface area contributed by atoms with Gasteiger partial charge in [-0.25, -0.2) is 0 Å². The molecule has 138 valence electrons. The van der Waals surface area contributed by atoms with Crippen molar-refractivity contribution in [2.45, 2.75) is 12.5 Å². The van der Waals surface area contributed by atoms with Crippen LogP contribution in [0.15, 0.2) is 47.6 Å². The summed E-state index contributed by atoms with van der Waals surface area (Å²) in [6, 6.07) is 11.3. The van der Waals surface area contributed by atoms with Crippen LogP contribution in [0.25, 0.3) is 0 Å². The maximum absolute atomic E-state index is 12.5. The Labute approximate surface area is 155 Å². The first kappa shape index (κ1) is 16.9. The number of nitrogens with one attached hydrogen (secondary N) is 2. The Morgan fingerprint density at radius 3 is 2.70 bits per heavy atom. The molecule has 1 amide bonds. The molecule has 0 fully saturated rings. The molecular weight excluding hydrogens is 350 g/mol. The number of ketones is 1. The summed E-state index contributed by atoms with van der Waals surface area (Å²) >= 11 is 0. The molecule has 2 aliphatic heterocycles. The van der Waals surface area contributed by atoms with Gasteiger partial charge >= 0.3 is 0 Å². The van der Waals surface area contributed by atoms with Crippen molar-refractivity contribution in [1.29, 1.82) is 0 Å². The van der Waals surface area contributed by atoms with Gasteiger partial charge in [0.05, 0.1) is 7.11 Å². The number of anilines is 1. The number of hydrogen-bond acceptors (Lipinski definition) is 7. The summed E-state index contributed by atoms with van der Waals surface area (Å²) in [6.45, 7) is 0.168. The number of nitrogens with zero attached hydrogens (tertiary/aromatic N) is 1. The molecule has 2 aromatic carbocycles. The van der Waals surface area contributed by atoms with Crippen molar-refractivity contribution in [3.05, 3.63) is 48.0 Å². The molecule has 8 heteroatoms. The van der Waals surface area contributed by atoms with Crippen LogP contribution in [0.2, 0.25) is 0 Å². The number of methoxy groups -OCH3 is 1. The molecule has 2 heterocycles. The van der Waals surface area contributed by atoms with Crippen LogP contribution < -0.4 is 25.0 Å². The number of hydrazone groups is 1. The monoisotopic (exact) mass is 367 g/mol. The van der Waals surface area contributed by atoms with Crippen LogP contribution in [0, 0.1) is 0 Å². The molecule has 0 saturated carbocycles. The SMILES string of the molecule is COc1ccc(C(=O)C2=NNC(C(=O)Nc3ccc4c(c3)OCO4)C2)cc1. The molecule has 1 unspecified atom stereocenters. The smallest absolute Gasteiger partial charge is 0.248 e. The number of hydrogen-bond donors (Lipinski definition) is 2. The van der Waals surface area contributed by atoms with E-state index >= 15 is 0 Å². The van der Waals surface area contributed by atoms with Crippen molar-refractivity contribution in [3.8, 4) is 17.2 Å². The van der Waals surface area contributed by atoms with Crippen LogP contribution in [0.3, 0.4) is 0 Å². The van der Waals surface area contributed by atoms with E-state index in [4.69, 9.17) is 14.2 Å². The molecule has 2 aliphatic rings. The zero-order valence-corrected chi connectivity index (χ0v) is 14.5. The Morgan fingerprint density at radius 2 is 1.93 bits per heavy atom. The second-order valence-electron chi connectivity index (χ2n) is 6.06. The van der Waals surface area contributed by atoms with E-state index in [2.05, 4.69) is 15.8 Å². The van der Waals surface area contributed by atoms with E-state index < -0.39 is 6.04 Å². The van der Waals surface area contributed by atoms with E-state index in [9.17, 15) is 9.59 Å². The number of Topliss-reactive ketones (excluding diaryl/α,β-unsaturated/α-hetero) is 1. The zero-order valence-electron chi connectivity index (χ0n) is 14.5. The quantitative estimate of drug-likeness (QED) is 0.784. The summed E-state index contributed by atoms with van der Waals surface area (Å²) in [5, 5.41) is 6.83. The maximum Gasteiger partial charge on any atom is 0.248 e. The van der Waals surface area contributed by atoms with Gasteiger partial charge in [-0.2, -0.15) is 5.10 Å². The lowest BCUT2D eigenvalue weighted by atomic mass is 10.0. The molecule has 1 atom stereocenters. The van der Waals surface area contributed by atoms with E-state index in [-0.39, 0.29) is 24.9 Å². The van der Waals surface area contributed by atoms with E-state index in [1.54, 1.807) is 49.6 Å². The second-order valence-corrected chi connectivity index (χ2v) is 6.06. The fraction of sp³-hybridized carbons (Fsp3) is 0.211. The number of fused-ring (bicyclic) bond motifs is 1. The van der Waals surface area contributed by atoms with Crippen molar-refractivity contribution in [1.82, 2.24) is 5.43 Å². The Hall–Kier alpha value is -3.55. The van der Waals surface area contributed by atoms with Gasteiger partial charge in [-0.3, -0.25) is 15.0 Å². The highest BCUT2D eigenvalue weighted by Gasteiger charge is 2.29. The standard InChI is InChI=1S/C19H17N3O5/c1-25-13-5-2-11(3-6-13)18(23)14-9-15(22-21-14)19(24)20-12-4-7-16-17(8-12)27-10-26-16/h2-8,15,22H,9-10H2,1H3,(H,20,24). The lowest BCUT2D eigenvalue weighted by molar-refractivity contribution is -0.117. The fourth-order valence-electron chi connectivity index (χ4n) is 2.85. The molecule has 0 spiro atoms. The van der Waals surface area contributed by atoms with E-state index in [1.165, 1.54) is 0 Å². The summed E-state index contributed by atoms with van der Waals surface area (Å²) in [7, 11) is 1.56. The van der Waals surface area contributed by atoms with Crippen LogP contribution in [-0.4, -0.2) is 37.3 Å². The highest BCUT2D eigenvalue weighted by atomic mass is 16.7. The number of carbonyl (C=O) groups is 2. The first-order valence-corrected chi connectivity index (χ1v) is 8.35. The Kier molecular flexibility index (Phi) is 4.37. The maximum atomic E-state index is 12.5. The summed E-state index contributed by atoms with van der Waals surface area (Å²) in [6.07, 6.45) is 0.210. The minimum absolute atomic E-state index is 0.168. The Morgan fingerprint density at radius 1 is 1.15 bits per heavy atom. The van der Waals surface area contributed by atoms with E-state index in [1.807, 2.05) is 0 Å². The molecule has 0 saturated heterocycles. The number of carbonyl (C=O) groups excluding carboxylic acids is 2. The third kappa shape index (κ3) is 3.41. The van der Waals surface area contributed by atoms with Crippen molar-refractivity contribution >= 4 is 23.1 Å². The molecule has 0 aromatic heterocycles. The van der Waals surface area contributed by atoms with Crippen molar-refractivity contribution in [2.75, 3.05) is 19.2 Å². The van der Waals surface area contributed by atoms with Crippen molar-refractivity contribution < 1.29 is 23.8 Å². The van der Waals surface area contributed by atoms with Gasteiger partial charge in [0.25, 0.3) is 0 Å². The van der Waals surface area contributed by atoms with Crippen molar-refractivity contribution in [2.24, 2.45) is 5.10 Å². The molecule has 2 N–H and O–H groups in total. The minimum atomic E-state index is -0.618. The highest BCUT2D eigenvalue weighted by Crippen LogP contribution is 2.34. The first-order chi connectivity index (χ1) is 13.1. The minimum Gasteiger partial charge on any atom is -0.497 e. The number of rotatable bonds is 5. The van der Waals surface area contributed by atoms with Crippen LogP contribution in [0.1, 0.15) is 16.8 Å². The number of benzene rings is 2. The van der Waals surface area contributed by atoms with Gasteiger partial charge in [-0.05, 0) is 36.4 Å². The highest BCUT2D eigenvalue weighted by molar-refractivity contribution is 6.46. The average Bonchev–Trinajstić information content (AvgIpc) is 3.36. The van der Waals surface area contributed by atoms with Crippen LogP contribution in [0.5, 0.6) is 17.2 Å². The van der Waals surface area contributed by atoms with Crippen LogP contribution >= 0.6 is 0 Å². The fourth-order valence-corrected chi connectivity index (χ4v) is 2.85. The molecule has 2 aromatic rings. The third-order valence-electron chi connectivity index (χ3n) is 4.32. The van der Waals surface area contributed by atoms with E-state index in [0.717, 1.165) is 0 Å². The van der Waals surface area contributed by atoms with Gasteiger partial charge in [0, 0.05) is 23.7 Å². The van der Waals surface area contributed by atoms with Crippen LogP contribution in [-0.2, 0) is 4.79 Å². The predicted octanol–water partition coefficient (Wildman–Crippen LogP) is 1.96. The lowest BCUT2D eigenvalue weighted by Gasteiger charge is -2.11. The molecule has 27 heavy (non-hydrogen) atoms. The normalized spacial score (nSPS) is 17.1. The Balaban J connectivity index is 1.38. The third-order valence-corrected chi connectivity index (χ3v) is 4.32. The van der Waals surface area contributed by atoms with Crippen molar-refractivity contribution in [3.63, 3.8) is 0 Å². The van der Waals surface area contributed by atoms with Gasteiger partial charge < -0.3 is 19.5 Å². The average molecular weight is 367 g/mol. The summed E-state index contributed by atoms with van der Waals surface area (Å²) in [5.41, 5.74) is 4.12. The summed E-state index contributed by atoms with van der Waals surface area (Å²) in [4.78, 5) is 25.0. The molecule has 8 nitrogen and oxygen atoms in total. The molecule has 0 radical (unpaired) electrons. The van der Waals surface area contributed by atoms with Gasteiger partial charge in [0.1, 0.15) is 17.5 Å². The second kappa shape index (κ2) is 6.99. The first-order valence-electron chi connectivity index (χ1n) is 8.35. The summed E-state index contributed by atoms with van der Waals surface area (Å²) in [5.74, 6) is 1.39. The molecular formula is C19H17N3O5. The van der Waals surface area contributed by atoms with Gasteiger partial charge in [-0.15, -0.1) is 0 Å². The van der Waals surface area contributed by atoms with Crippen LogP contribution in [0.4, 0.5) is 5.69 Å². The van der Waals surface area contributed by atoms with Gasteiger partial charge in [0.2, 0.25) is 18.5 Å². The largest absolute Gasteiger partial charge is 0.497 e. The number of amides is 1. The molecule has 4 rings (SSSR count). The topological polar surface area (TPSA) is 98.2 Å². The zero-order chi connectivity index (χ0) is 18.8. The predicted molar refractivity (Wildman–Crippen MR) is 97.5 cm³/mol. The van der Waals surface area contributed by atoms with E-state index in [0.29, 0.717) is 34.2 Å². The number of ether oxygens (including phenoxy) is 3. The van der Waals surface area contributed by atoms with Gasteiger partial charge in [-0.1, -0.05) is 0 Å². The van der Waals surface area contributed by atoms with Gasteiger partial charge in [0.15, 0.2) is 11.5 Å².